The lowest BCUT2D eigenvalue weighted by Gasteiger charge is -2.32. The van der Waals surface area contributed by atoms with E-state index in [1.807, 2.05) is 0 Å². The summed E-state index contributed by atoms with van der Waals surface area (Å²) in [7, 11) is -0.298. The summed E-state index contributed by atoms with van der Waals surface area (Å²) in [5.41, 5.74) is 1.80. The van der Waals surface area contributed by atoms with Crippen molar-refractivity contribution in [1.29, 1.82) is 5.26 Å². The molecule has 2 fully saturated rings. The van der Waals surface area contributed by atoms with Crippen LogP contribution >= 0.6 is 0 Å². The van der Waals surface area contributed by atoms with Crippen molar-refractivity contribution in [3.63, 3.8) is 0 Å². The van der Waals surface area contributed by atoms with Gasteiger partial charge in [0.05, 0.1) is 23.8 Å². The molecule has 2 heterocycles. The molecule has 2 saturated heterocycles. The molecule has 5 heteroatoms. The summed E-state index contributed by atoms with van der Waals surface area (Å²) in [5, 5.41) is 8.81. The van der Waals surface area contributed by atoms with E-state index in [1.54, 1.807) is 0 Å². The Balaban J connectivity index is 1.68. The molecule has 1 aromatic rings. The van der Waals surface area contributed by atoms with Crippen LogP contribution in [0.4, 0.5) is 0 Å². The number of nitriles is 1. The van der Waals surface area contributed by atoms with E-state index in [2.05, 4.69) is 62.9 Å². The number of rotatable bonds is 3. The first kappa shape index (κ1) is 16.5. The van der Waals surface area contributed by atoms with Gasteiger partial charge in [0, 0.05) is 6.54 Å². The van der Waals surface area contributed by atoms with Crippen LogP contribution in [0.5, 0.6) is 0 Å². The largest absolute Gasteiger partial charge is 0.494 e. The molecule has 0 radical (unpaired) electrons. The predicted molar refractivity (Wildman–Crippen MR) is 91.6 cm³/mol. The van der Waals surface area contributed by atoms with Crippen LogP contribution in [0, 0.1) is 11.3 Å². The lowest BCUT2D eigenvalue weighted by atomic mass is 9.78. The molecule has 0 amide bonds. The molecule has 122 valence electrons. The molecule has 1 aromatic carbocycles. The summed E-state index contributed by atoms with van der Waals surface area (Å²) in [4.78, 5) is 2.22. The van der Waals surface area contributed by atoms with Crippen LogP contribution in [-0.4, -0.2) is 42.9 Å². The maximum absolute atomic E-state index is 8.81. The van der Waals surface area contributed by atoms with Gasteiger partial charge in [0.25, 0.3) is 0 Å². The Bertz CT molecular complexity index is 590. The monoisotopic (exact) mass is 312 g/mol. The lowest BCUT2D eigenvalue weighted by Crippen LogP contribution is -2.41. The first-order valence-corrected chi connectivity index (χ1v) is 8.37. The zero-order valence-corrected chi connectivity index (χ0v) is 14.5. The van der Waals surface area contributed by atoms with Gasteiger partial charge in [-0.2, -0.15) is 5.26 Å². The third-order valence-electron chi connectivity index (χ3n) is 5.50. The van der Waals surface area contributed by atoms with Gasteiger partial charge in [-0.05, 0) is 57.6 Å². The van der Waals surface area contributed by atoms with Crippen LogP contribution in [0.15, 0.2) is 24.3 Å². The first-order valence-electron chi connectivity index (χ1n) is 8.37. The van der Waals surface area contributed by atoms with Gasteiger partial charge in [-0.25, -0.2) is 0 Å². The molecule has 0 saturated carbocycles. The van der Waals surface area contributed by atoms with Gasteiger partial charge in [0.1, 0.15) is 0 Å². The minimum Gasteiger partial charge on any atom is -0.399 e. The van der Waals surface area contributed by atoms with Gasteiger partial charge in [-0.3, -0.25) is 4.90 Å². The molecule has 2 aliphatic heterocycles. The quantitative estimate of drug-likeness (QED) is 0.635. The number of nitrogens with zero attached hydrogens (tertiary/aromatic N) is 2. The number of hydrogen-bond acceptors (Lipinski definition) is 4. The van der Waals surface area contributed by atoms with E-state index in [4.69, 9.17) is 14.6 Å². The molecular weight excluding hydrogens is 287 g/mol. The number of likely N-dealkylation sites (tertiary alicyclic amines) is 1. The van der Waals surface area contributed by atoms with Gasteiger partial charge < -0.3 is 9.31 Å². The maximum atomic E-state index is 8.81. The van der Waals surface area contributed by atoms with Crippen LogP contribution in [0.1, 0.15) is 45.6 Å². The topological polar surface area (TPSA) is 45.5 Å². The molecule has 1 atom stereocenters. The normalized spacial score (nSPS) is 26.4. The highest BCUT2D eigenvalue weighted by Crippen LogP contribution is 2.36. The Hall–Kier alpha value is -1.35. The van der Waals surface area contributed by atoms with Crippen LogP contribution < -0.4 is 5.46 Å². The molecule has 0 N–H and O–H groups in total. The highest BCUT2D eigenvalue weighted by Gasteiger charge is 2.51. The van der Waals surface area contributed by atoms with Crippen LogP contribution in [0.3, 0.4) is 0 Å². The van der Waals surface area contributed by atoms with E-state index in [-0.39, 0.29) is 18.3 Å². The van der Waals surface area contributed by atoms with Crippen molar-refractivity contribution >= 4 is 12.6 Å². The summed E-state index contributed by atoms with van der Waals surface area (Å²) in [6.07, 6.45) is 1.12. The molecule has 4 nitrogen and oxygen atoms in total. The molecule has 0 aromatic heterocycles. The zero-order valence-electron chi connectivity index (χ0n) is 14.5. The highest BCUT2D eigenvalue weighted by molar-refractivity contribution is 6.62. The molecule has 3 rings (SSSR count). The predicted octanol–water partition coefficient (Wildman–Crippen LogP) is 2.30. The SMILES string of the molecule is CC1(C)OB(c2ccc(C3CCN(CC#N)C3)cc2)OC1(C)C. The minimum atomic E-state index is -0.306. The van der Waals surface area contributed by atoms with Crippen molar-refractivity contribution < 1.29 is 9.31 Å². The van der Waals surface area contributed by atoms with E-state index in [9.17, 15) is 0 Å². The van der Waals surface area contributed by atoms with Gasteiger partial charge in [-0.15, -0.1) is 0 Å². The Labute approximate surface area is 139 Å². The molecule has 0 aliphatic carbocycles. The van der Waals surface area contributed by atoms with Crippen molar-refractivity contribution in [3.8, 4) is 6.07 Å². The van der Waals surface area contributed by atoms with Crippen LogP contribution in [0.25, 0.3) is 0 Å². The number of hydrogen-bond donors (Lipinski definition) is 0. The summed E-state index contributed by atoms with van der Waals surface area (Å²) >= 11 is 0. The maximum Gasteiger partial charge on any atom is 0.494 e. The second kappa shape index (κ2) is 5.94. The Morgan fingerprint density at radius 2 is 1.78 bits per heavy atom. The van der Waals surface area contributed by atoms with Crippen LogP contribution in [0.2, 0.25) is 0 Å². The summed E-state index contributed by atoms with van der Waals surface area (Å²) < 4.78 is 12.2. The molecule has 1 unspecified atom stereocenters. The summed E-state index contributed by atoms with van der Waals surface area (Å²) in [5.74, 6) is 0.524. The Morgan fingerprint density at radius 1 is 1.17 bits per heavy atom. The van der Waals surface area contributed by atoms with Gasteiger partial charge >= 0.3 is 7.12 Å². The zero-order chi connectivity index (χ0) is 16.7. The first-order chi connectivity index (χ1) is 10.8. The summed E-state index contributed by atoms with van der Waals surface area (Å²) in [6, 6.07) is 10.8. The summed E-state index contributed by atoms with van der Waals surface area (Å²) in [6.45, 7) is 10.8. The van der Waals surface area contributed by atoms with Gasteiger partial charge in [0.15, 0.2) is 0 Å². The van der Waals surface area contributed by atoms with Crippen LogP contribution in [-0.2, 0) is 9.31 Å². The Kier molecular flexibility index (Phi) is 4.26. The van der Waals surface area contributed by atoms with E-state index in [0.717, 1.165) is 25.0 Å². The van der Waals surface area contributed by atoms with Crippen molar-refractivity contribution in [1.82, 2.24) is 4.90 Å². The van der Waals surface area contributed by atoms with Crippen molar-refractivity contribution in [2.75, 3.05) is 19.6 Å². The molecule has 0 bridgehead atoms. The van der Waals surface area contributed by atoms with Crippen molar-refractivity contribution in [3.05, 3.63) is 29.8 Å². The van der Waals surface area contributed by atoms with E-state index in [0.29, 0.717) is 12.5 Å². The fraction of sp³-hybridized carbons (Fsp3) is 0.611. The van der Waals surface area contributed by atoms with Crippen molar-refractivity contribution in [2.45, 2.75) is 51.2 Å². The van der Waals surface area contributed by atoms with E-state index >= 15 is 0 Å². The van der Waals surface area contributed by atoms with Crippen molar-refractivity contribution in [2.24, 2.45) is 0 Å². The standard InChI is InChI=1S/C18H25BN2O2/c1-17(2)18(3,4)23-19(22-17)16-7-5-14(6-8-16)15-9-11-21(13-15)12-10-20/h5-8,15H,9,11-13H2,1-4H3. The third-order valence-corrected chi connectivity index (χ3v) is 5.50. The van der Waals surface area contributed by atoms with Gasteiger partial charge in [0.2, 0.25) is 0 Å². The van der Waals surface area contributed by atoms with E-state index in [1.165, 1.54) is 5.56 Å². The fourth-order valence-corrected chi connectivity index (χ4v) is 3.25. The molecule has 2 aliphatic rings. The lowest BCUT2D eigenvalue weighted by molar-refractivity contribution is 0.00578. The third kappa shape index (κ3) is 3.17. The molecule has 23 heavy (non-hydrogen) atoms. The smallest absolute Gasteiger partial charge is 0.399 e. The second-order valence-corrected chi connectivity index (χ2v) is 7.63. The second-order valence-electron chi connectivity index (χ2n) is 7.63. The minimum absolute atomic E-state index is 0.298. The average Bonchev–Trinajstić information content (AvgIpc) is 3.03. The van der Waals surface area contributed by atoms with Gasteiger partial charge in [-0.1, -0.05) is 24.3 Å². The van der Waals surface area contributed by atoms with E-state index < -0.39 is 0 Å². The Morgan fingerprint density at radius 3 is 2.35 bits per heavy atom. The molecular formula is C18H25BN2O2. The fourth-order valence-electron chi connectivity index (χ4n) is 3.25. The molecule has 0 spiro atoms. The highest BCUT2D eigenvalue weighted by atomic mass is 16.7. The average molecular weight is 312 g/mol. The number of benzene rings is 1.